The highest BCUT2D eigenvalue weighted by atomic mass is 32.1. The molecule has 0 bridgehead atoms. The van der Waals surface area contributed by atoms with Gasteiger partial charge in [0, 0.05) is 57.1 Å². The van der Waals surface area contributed by atoms with Crippen LogP contribution in [0, 0.1) is 0 Å². The van der Waals surface area contributed by atoms with Gasteiger partial charge in [-0.25, -0.2) is 0 Å². The fourth-order valence-corrected chi connectivity index (χ4v) is 7.98. The van der Waals surface area contributed by atoms with Gasteiger partial charge in [-0.2, -0.15) is 0 Å². The zero-order valence-electron chi connectivity index (χ0n) is 19.9. The van der Waals surface area contributed by atoms with Gasteiger partial charge in [0.25, 0.3) is 0 Å². The van der Waals surface area contributed by atoms with Crippen LogP contribution in [0.5, 0.6) is 0 Å². The monoisotopic (exact) mass is 507 g/mol. The van der Waals surface area contributed by atoms with Crippen molar-refractivity contribution in [3.05, 3.63) is 127 Å². The topological polar surface area (TPSA) is 3.24 Å². The lowest BCUT2D eigenvalue weighted by atomic mass is 10.0. The van der Waals surface area contributed by atoms with Crippen LogP contribution in [0.1, 0.15) is 0 Å². The second kappa shape index (κ2) is 8.17. The van der Waals surface area contributed by atoms with Crippen molar-refractivity contribution in [1.29, 1.82) is 0 Å². The van der Waals surface area contributed by atoms with E-state index in [9.17, 15) is 0 Å². The van der Waals surface area contributed by atoms with Crippen molar-refractivity contribution in [3.63, 3.8) is 0 Å². The van der Waals surface area contributed by atoms with Crippen LogP contribution in [0.4, 0.5) is 17.1 Å². The smallest absolute Gasteiger partial charge is 0.0554 e. The molecule has 0 aliphatic rings. The summed E-state index contributed by atoms with van der Waals surface area (Å²) in [6.45, 7) is 0. The van der Waals surface area contributed by atoms with Crippen molar-refractivity contribution in [3.8, 4) is 0 Å². The lowest BCUT2D eigenvalue weighted by molar-refractivity contribution is 1.31. The molecule has 8 aromatic rings. The number of para-hydroxylation sites is 1. The SMILES string of the molecule is c1ccc(N(c2ccc3c(c2)sc2ccccc23)c2cccc3ccc4c5ccccc5sc4c23)cc1. The molecule has 8 rings (SSSR count). The normalized spacial score (nSPS) is 11.8. The molecular formula is C34H21NS2. The van der Waals surface area contributed by atoms with Crippen LogP contribution in [0.25, 0.3) is 51.1 Å². The molecule has 1 nitrogen and oxygen atoms in total. The molecule has 0 amide bonds. The molecular weight excluding hydrogens is 487 g/mol. The van der Waals surface area contributed by atoms with E-state index in [0.717, 1.165) is 5.69 Å². The Morgan fingerprint density at radius 3 is 1.95 bits per heavy atom. The zero-order valence-corrected chi connectivity index (χ0v) is 21.5. The van der Waals surface area contributed by atoms with Gasteiger partial charge >= 0.3 is 0 Å². The third-order valence-electron chi connectivity index (χ3n) is 7.24. The minimum atomic E-state index is 1.16. The van der Waals surface area contributed by atoms with E-state index >= 15 is 0 Å². The molecule has 0 saturated heterocycles. The van der Waals surface area contributed by atoms with Crippen LogP contribution in [-0.2, 0) is 0 Å². The predicted molar refractivity (Wildman–Crippen MR) is 164 cm³/mol. The standard InChI is InChI=1S/C34H21NS2/c1-2-10-23(11-3-1)35(24-18-20-27-25-12-4-6-15-30(25)36-32(27)21-24)29-14-8-9-22-17-19-28-26-13-5-7-16-31(26)37-34(28)33(22)29/h1-21H. The van der Waals surface area contributed by atoms with Gasteiger partial charge in [0.15, 0.2) is 0 Å². The Hall–Kier alpha value is -4.18. The maximum absolute atomic E-state index is 2.43. The average Bonchev–Trinajstić information content (AvgIpc) is 3.52. The molecule has 3 heteroatoms. The van der Waals surface area contributed by atoms with E-state index in [1.807, 2.05) is 22.7 Å². The minimum Gasteiger partial charge on any atom is -0.310 e. The minimum absolute atomic E-state index is 1.16. The number of rotatable bonds is 3. The molecule has 0 fully saturated rings. The van der Waals surface area contributed by atoms with Crippen molar-refractivity contribution < 1.29 is 0 Å². The number of hydrogen-bond acceptors (Lipinski definition) is 3. The summed E-state index contributed by atoms with van der Waals surface area (Å²) >= 11 is 3.76. The summed E-state index contributed by atoms with van der Waals surface area (Å²) in [6, 6.07) is 46.4. The van der Waals surface area contributed by atoms with E-state index in [1.54, 1.807) is 0 Å². The van der Waals surface area contributed by atoms with Gasteiger partial charge in [-0.05, 0) is 47.9 Å². The Balaban J connectivity index is 1.45. The van der Waals surface area contributed by atoms with E-state index in [2.05, 4.69) is 132 Å². The molecule has 0 atom stereocenters. The van der Waals surface area contributed by atoms with Crippen LogP contribution in [0.3, 0.4) is 0 Å². The van der Waals surface area contributed by atoms with E-state index < -0.39 is 0 Å². The van der Waals surface area contributed by atoms with Crippen molar-refractivity contribution >= 4 is 90.9 Å². The van der Waals surface area contributed by atoms with Crippen LogP contribution in [0.15, 0.2) is 127 Å². The van der Waals surface area contributed by atoms with Crippen LogP contribution in [0.2, 0.25) is 0 Å². The number of anilines is 3. The molecule has 174 valence electrons. The molecule has 6 aromatic carbocycles. The Morgan fingerprint density at radius 1 is 0.432 bits per heavy atom. The lowest BCUT2D eigenvalue weighted by Gasteiger charge is -2.27. The van der Waals surface area contributed by atoms with Crippen molar-refractivity contribution in [1.82, 2.24) is 0 Å². The molecule has 37 heavy (non-hydrogen) atoms. The van der Waals surface area contributed by atoms with Crippen LogP contribution < -0.4 is 4.90 Å². The quantitative estimate of drug-likeness (QED) is 0.230. The fraction of sp³-hybridized carbons (Fsp3) is 0. The number of thiophene rings is 2. The Labute approximate surface area is 222 Å². The molecule has 0 spiro atoms. The zero-order chi connectivity index (χ0) is 24.3. The Morgan fingerprint density at radius 2 is 1.11 bits per heavy atom. The number of hydrogen-bond donors (Lipinski definition) is 0. The molecule has 0 radical (unpaired) electrons. The third kappa shape index (κ3) is 3.21. The second-order valence-electron chi connectivity index (χ2n) is 9.37. The van der Waals surface area contributed by atoms with Gasteiger partial charge < -0.3 is 4.90 Å². The summed E-state index contributed by atoms with van der Waals surface area (Å²) in [4.78, 5) is 2.43. The first-order valence-corrected chi connectivity index (χ1v) is 14.1. The molecule has 0 aliphatic heterocycles. The van der Waals surface area contributed by atoms with E-state index in [0.29, 0.717) is 0 Å². The lowest BCUT2D eigenvalue weighted by Crippen LogP contribution is -2.10. The molecule has 2 heterocycles. The van der Waals surface area contributed by atoms with Crippen molar-refractivity contribution in [2.75, 3.05) is 4.90 Å². The number of nitrogens with zero attached hydrogens (tertiary/aromatic N) is 1. The van der Waals surface area contributed by atoms with Gasteiger partial charge in [0.05, 0.1) is 5.69 Å². The van der Waals surface area contributed by atoms with E-state index in [4.69, 9.17) is 0 Å². The summed E-state index contributed by atoms with van der Waals surface area (Å²) in [6.07, 6.45) is 0. The summed E-state index contributed by atoms with van der Waals surface area (Å²) in [5.74, 6) is 0. The maximum Gasteiger partial charge on any atom is 0.0554 e. The first kappa shape index (κ1) is 21.0. The fourth-order valence-electron chi connectivity index (χ4n) is 5.58. The number of benzene rings is 6. The van der Waals surface area contributed by atoms with Crippen molar-refractivity contribution in [2.45, 2.75) is 0 Å². The first-order chi connectivity index (χ1) is 18.3. The molecule has 2 aromatic heterocycles. The second-order valence-corrected chi connectivity index (χ2v) is 11.5. The third-order valence-corrected chi connectivity index (χ3v) is 9.58. The van der Waals surface area contributed by atoms with Gasteiger partial charge in [0.2, 0.25) is 0 Å². The van der Waals surface area contributed by atoms with Gasteiger partial charge in [0.1, 0.15) is 0 Å². The summed E-state index contributed by atoms with van der Waals surface area (Å²) < 4.78 is 5.32. The van der Waals surface area contributed by atoms with Crippen molar-refractivity contribution in [2.24, 2.45) is 0 Å². The van der Waals surface area contributed by atoms with Crippen LogP contribution in [-0.4, -0.2) is 0 Å². The van der Waals surface area contributed by atoms with Gasteiger partial charge in [-0.1, -0.05) is 84.9 Å². The van der Waals surface area contributed by atoms with Crippen LogP contribution >= 0.6 is 22.7 Å². The first-order valence-electron chi connectivity index (χ1n) is 12.4. The highest BCUT2D eigenvalue weighted by molar-refractivity contribution is 7.27. The molecule has 0 unspecified atom stereocenters. The Bertz CT molecular complexity index is 2100. The highest BCUT2D eigenvalue weighted by Gasteiger charge is 2.19. The Kier molecular flexibility index (Phi) is 4.63. The van der Waals surface area contributed by atoms with E-state index in [1.165, 1.54) is 62.5 Å². The average molecular weight is 508 g/mol. The summed E-state index contributed by atoms with van der Waals surface area (Å²) in [5, 5.41) is 7.88. The molecule has 0 N–H and O–H groups in total. The van der Waals surface area contributed by atoms with Gasteiger partial charge in [-0.3, -0.25) is 0 Å². The maximum atomic E-state index is 2.43. The van der Waals surface area contributed by atoms with E-state index in [-0.39, 0.29) is 0 Å². The summed E-state index contributed by atoms with van der Waals surface area (Å²) in [7, 11) is 0. The predicted octanol–water partition coefficient (Wildman–Crippen LogP) is 11.0. The van der Waals surface area contributed by atoms with Gasteiger partial charge in [-0.15, -0.1) is 22.7 Å². The largest absolute Gasteiger partial charge is 0.310 e. The molecule has 0 aliphatic carbocycles. The molecule has 0 saturated carbocycles. The number of fused-ring (bicyclic) bond motifs is 8. The highest BCUT2D eigenvalue weighted by Crippen LogP contribution is 2.46. The summed E-state index contributed by atoms with van der Waals surface area (Å²) in [5.41, 5.74) is 3.55.